The number of benzene rings is 1. The second kappa shape index (κ2) is 4.57. The normalized spacial score (nSPS) is 10.9. The standard InChI is InChI=1S/C17H10N4O/c1-18-10-7-8-13-14(9-10)20-16(19-13)15-11-5-3-2-4-6-12(11)21-17(15)22/h2-9H,(H,19,20)(H,21,22). The van der Waals surface area contributed by atoms with Gasteiger partial charge in [0.05, 0.1) is 23.2 Å². The molecule has 0 unspecified atom stereocenters. The van der Waals surface area contributed by atoms with Crippen molar-refractivity contribution in [2.24, 2.45) is 0 Å². The van der Waals surface area contributed by atoms with E-state index in [1.165, 1.54) is 0 Å². The molecule has 2 N–H and O–H groups in total. The maximum absolute atomic E-state index is 12.3. The number of aromatic amines is 2. The summed E-state index contributed by atoms with van der Waals surface area (Å²) in [5.41, 5.74) is 3.95. The van der Waals surface area contributed by atoms with Gasteiger partial charge in [0.25, 0.3) is 5.56 Å². The second-order valence-corrected chi connectivity index (χ2v) is 4.97. The van der Waals surface area contributed by atoms with Crippen LogP contribution in [0.15, 0.2) is 53.3 Å². The molecule has 0 fully saturated rings. The van der Waals surface area contributed by atoms with Gasteiger partial charge in [-0.3, -0.25) is 4.79 Å². The fraction of sp³-hybridized carbons (Fsp3) is 0. The molecule has 0 radical (unpaired) electrons. The van der Waals surface area contributed by atoms with Crippen LogP contribution in [-0.2, 0) is 0 Å². The molecule has 0 saturated heterocycles. The van der Waals surface area contributed by atoms with Crippen LogP contribution in [0.2, 0.25) is 0 Å². The fourth-order valence-electron chi connectivity index (χ4n) is 2.60. The van der Waals surface area contributed by atoms with E-state index in [1.807, 2.05) is 30.3 Å². The molecule has 0 spiro atoms. The smallest absolute Gasteiger partial charge is 0.260 e. The first-order valence-electron chi connectivity index (χ1n) is 6.75. The monoisotopic (exact) mass is 286 g/mol. The Morgan fingerprint density at radius 2 is 1.91 bits per heavy atom. The number of imidazole rings is 1. The molecule has 0 amide bonds. The van der Waals surface area contributed by atoms with Gasteiger partial charge in [-0.2, -0.15) is 0 Å². The molecule has 2 aromatic rings. The zero-order valence-electron chi connectivity index (χ0n) is 11.4. The molecule has 2 heterocycles. The van der Waals surface area contributed by atoms with Gasteiger partial charge < -0.3 is 9.97 Å². The van der Waals surface area contributed by atoms with Crippen molar-refractivity contribution in [2.75, 3.05) is 0 Å². The highest BCUT2D eigenvalue weighted by atomic mass is 16.1. The van der Waals surface area contributed by atoms with Crippen LogP contribution in [0.1, 0.15) is 0 Å². The molecular formula is C17H10N4O. The van der Waals surface area contributed by atoms with Crippen LogP contribution in [0.25, 0.3) is 38.5 Å². The van der Waals surface area contributed by atoms with Crippen molar-refractivity contribution in [3.63, 3.8) is 0 Å². The molecule has 0 saturated carbocycles. The lowest BCUT2D eigenvalue weighted by Gasteiger charge is -1.94. The van der Waals surface area contributed by atoms with Crippen LogP contribution in [0.5, 0.6) is 0 Å². The van der Waals surface area contributed by atoms with Crippen molar-refractivity contribution < 1.29 is 0 Å². The summed E-state index contributed by atoms with van der Waals surface area (Å²) in [6.07, 6.45) is 0. The zero-order chi connectivity index (χ0) is 15.1. The molecule has 0 bridgehead atoms. The van der Waals surface area contributed by atoms with E-state index in [0.29, 0.717) is 17.1 Å². The molecule has 1 aliphatic carbocycles. The number of hydrogen-bond acceptors (Lipinski definition) is 2. The van der Waals surface area contributed by atoms with Crippen molar-refractivity contribution in [1.29, 1.82) is 0 Å². The third-order valence-corrected chi connectivity index (χ3v) is 3.61. The molecule has 1 aromatic carbocycles. The lowest BCUT2D eigenvalue weighted by molar-refractivity contribution is 1.29. The molecule has 1 aromatic heterocycles. The van der Waals surface area contributed by atoms with E-state index >= 15 is 0 Å². The SMILES string of the molecule is [C-]#[N+]c1ccc2nc(-c3c4cccccc-4[nH]c3=O)[nH]c2c1. The summed E-state index contributed by atoms with van der Waals surface area (Å²) in [6, 6.07) is 14.7. The van der Waals surface area contributed by atoms with Crippen LogP contribution in [0.4, 0.5) is 5.69 Å². The number of aromatic nitrogens is 3. The highest BCUT2D eigenvalue weighted by molar-refractivity contribution is 5.87. The van der Waals surface area contributed by atoms with Gasteiger partial charge in [0.15, 0.2) is 5.69 Å². The van der Waals surface area contributed by atoms with E-state index in [2.05, 4.69) is 19.8 Å². The lowest BCUT2D eigenvalue weighted by Crippen LogP contribution is -2.01. The quantitative estimate of drug-likeness (QED) is 0.525. The molecule has 22 heavy (non-hydrogen) atoms. The molecular weight excluding hydrogens is 276 g/mol. The molecule has 4 rings (SSSR count). The van der Waals surface area contributed by atoms with Gasteiger partial charge in [-0.25, -0.2) is 9.83 Å². The summed E-state index contributed by atoms with van der Waals surface area (Å²) in [7, 11) is 0. The first-order valence-corrected chi connectivity index (χ1v) is 6.75. The number of nitrogens with zero attached hydrogens (tertiary/aromatic N) is 2. The van der Waals surface area contributed by atoms with Crippen molar-refractivity contribution >= 4 is 16.7 Å². The molecule has 0 atom stereocenters. The molecule has 1 aliphatic heterocycles. The summed E-state index contributed by atoms with van der Waals surface area (Å²) in [5, 5.41) is 0. The van der Waals surface area contributed by atoms with Crippen LogP contribution in [0.3, 0.4) is 0 Å². The van der Waals surface area contributed by atoms with Crippen molar-refractivity contribution in [2.45, 2.75) is 0 Å². The lowest BCUT2D eigenvalue weighted by atomic mass is 10.1. The van der Waals surface area contributed by atoms with Crippen molar-refractivity contribution in [1.82, 2.24) is 15.0 Å². The maximum Gasteiger partial charge on any atom is 0.260 e. The second-order valence-electron chi connectivity index (χ2n) is 4.97. The van der Waals surface area contributed by atoms with Crippen LogP contribution in [0, 0.1) is 6.57 Å². The Labute approximate surface area is 125 Å². The number of H-pyrrole nitrogens is 2. The minimum Gasteiger partial charge on any atom is -0.339 e. The van der Waals surface area contributed by atoms with Gasteiger partial charge in [0, 0.05) is 11.3 Å². The van der Waals surface area contributed by atoms with Crippen molar-refractivity contribution in [3.05, 3.63) is 70.3 Å². The van der Waals surface area contributed by atoms with Crippen LogP contribution >= 0.6 is 0 Å². The topological polar surface area (TPSA) is 65.9 Å². The highest BCUT2D eigenvalue weighted by Gasteiger charge is 2.18. The van der Waals surface area contributed by atoms with Gasteiger partial charge >= 0.3 is 0 Å². The molecule has 104 valence electrons. The Bertz CT molecular complexity index is 1070. The predicted molar refractivity (Wildman–Crippen MR) is 85.0 cm³/mol. The van der Waals surface area contributed by atoms with Gasteiger partial charge in [-0.05, 0) is 18.2 Å². The zero-order valence-corrected chi connectivity index (χ0v) is 11.4. The Morgan fingerprint density at radius 3 is 2.77 bits per heavy atom. The highest BCUT2D eigenvalue weighted by Crippen LogP contribution is 2.29. The Hall–Kier alpha value is -3.39. The average molecular weight is 286 g/mol. The number of fused-ring (bicyclic) bond motifs is 2. The van der Waals surface area contributed by atoms with Gasteiger partial charge in [-0.1, -0.05) is 30.3 Å². The summed E-state index contributed by atoms with van der Waals surface area (Å²) in [5.74, 6) is 0.514. The Morgan fingerprint density at radius 1 is 1.05 bits per heavy atom. The van der Waals surface area contributed by atoms with E-state index in [4.69, 9.17) is 6.57 Å². The van der Waals surface area contributed by atoms with E-state index < -0.39 is 0 Å². The van der Waals surface area contributed by atoms with Crippen LogP contribution in [-0.4, -0.2) is 15.0 Å². The predicted octanol–water partition coefficient (Wildman–Crippen LogP) is 3.57. The summed E-state index contributed by atoms with van der Waals surface area (Å²) >= 11 is 0. The Kier molecular flexibility index (Phi) is 2.57. The van der Waals surface area contributed by atoms with Crippen molar-refractivity contribution in [3.8, 4) is 22.6 Å². The van der Waals surface area contributed by atoms with Gasteiger partial charge in [0.2, 0.25) is 0 Å². The van der Waals surface area contributed by atoms with E-state index in [1.54, 1.807) is 18.2 Å². The molecule has 5 nitrogen and oxygen atoms in total. The summed E-state index contributed by atoms with van der Waals surface area (Å²) < 4.78 is 0. The Balaban J connectivity index is 1.99. The molecule has 5 heteroatoms. The minimum absolute atomic E-state index is 0.175. The van der Waals surface area contributed by atoms with E-state index in [9.17, 15) is 4.79 Å². The first kappa shape index (κ1) is 12.4. The van der Waals surface area contributed by atoms with E-state index in [0.717, 1.165) is 22.3 Å². The largest absolute Gasteiger partial charge is 0.339 e. The third-order valence-electron chi connectivity index (χ3n) is 3.61. The summed E-state index contributed by atoms with van der Waals surface area (Å²) in [4.78, 5) is 26.2. The number of nitrogens with one attached hydrogen (secondary N) is 2. The number of rotatable bonds is 1. The molecule has 2 aliphatic rings. The fourth-order valence-corrected chi connectivity index (χ4v) is 2.60. The minimum atomic E-state index is -0.175. The van der Waals surface area contributed by atoms with Gasteiger partial charge in [0.1, 0.15) is 5.82 Å². The first-order chi connectivity index (χ1) is 10.8. The average Bonchev–Trinajstić information content (AvgIpc) is 2.98. The van der Waals surface area contributed by atoms with Crippen LogP contribution < -0.4 is 5.56 Å². The van der Waals surface area contributed by atoms with E-state index in [-0.39, 0.29) is 5.56 Å². The van der Waals surface area contributed by atoms with Gasteiger partial charge in [-0.15, -0.1) is 0 Å². The maximum atomic E-state index is 12.3. The summed E-state index contributed by atoms with van der Waals surface area (Å²) in [6.45, 7) is 7.06. The third kappa shape index (κ3) is 1.79. The number of hydrogen-bond donors (Lipinski definition) is 2.